The summed E-state index contributed by atoms with van der Waals surface area (Å²) in [5.74, 6) is 0.387. The molecular formula is C21H20ClN3O3. The molecule has 1 fully saturated rings. The van der Waals surface area contributed by atoms with Gasteiger partial charge in [-0.2, -0.15) is 0 Å². The summed E-state index contributed by atoms with van der Waals surface area (Å²) >= 11 is 6.26. The van der Waals surface area contributed by atoms with Gasteiger partial charge in [0, 0.05) is 30.2 Å². The third kappa shape index (κ3) is 4.08. The number of anilines is 1. The zero-order chi connectivity index (χ0) is 19.5. The van der Waals surface area contributed by atoms with Crippen LogP contribution in [0.5, 0.6) is 0 Å². The average molecular weight is 398 g/mol. The van der Waals surface area contributed by atoms with E-state index in [0.29, 0.717) is 29.5 Å². The van der Waals surface area contributed by atoms with Crippen LogP contribution in [0, 0.1) is 6.92 Å². The van der Waals surface area contributed by atoms with Gasteiger partial charge in [-0.05, 0) is 36.8 Å². The first-order valence-corrected chi connectivity index (χ1v) is 9.49. The number of aryl methyl sites for hydroxylation is 1. The Morgan fingerprint density at radius 1 is 1.21 bits per heavy atom. The first kappa shape index (κ1) is 18.7. The largest absolute Gasteiger partial charge is 0.457 e. The first-order chi connectivity index (χ1) is 13.6. The molecule has 1 saturated heterocycles. The van der Waals surface area contributed by atoms with Gasteiger partial charge in [-0.1, -0.05) is 23.7 Å². The Bertz CT molecular complexity index is 1000. The van der Waals surface area contributed by atoms with Crippen LogP contribution in [0.2, 0.25) is 5.15 Å². The third-order valence-electron chi connectivity index (χ3n) is 4.68. The minimum atomic E-state index is -0.443. The molecule has 0 N–H and O–H groups in total. The van der Waals surface area contributed by atoms with E-state index in [2.05, 4.69) is 14.9 Å². The number of esters is 1. The van der Waals surface area contributed by atoms with Crippen molar-refractivity contribution in [3.8, 4) is 0 Å². The summed E-state index contributed by atoms with van der Waals surface area (Å²) in [7, 11) is 0. The Hall–Kier alpha value is -2.70. The van der Waals surface area contributed by atoms with Crippen molar-refractivity contribution in [2.45, 2.75) is 13.5 Å². The molecule has 144 valence electrons. The molecule has 0 spiro atoms. The molecule has 0 aliphatic carbocycles. The Labute approximate surface area is 168 Å². The maximum atomic E-state index is 12.4. The Balaban J connectivity index is 1.43. The number of benzene rings is 1. The SMILES string of the molecule is Cc1ccc2cc(COC(=O)c3ccc(N4CCOCC4)nc3)c(Cl)nc2c1. The number of fused-ring (bicyclic) bond motifs is 1. The molecule has 28 heavy (non-hydrogen) atoms. The van der Waals surface area contributed by atoms with Crippen LogP contribution in [-0.4, -0.2) is 42.2 Å². The van der Waals surface area contributed by atoms with E-state index in [-0.39, 0.29) is 6.61 Å². The van der Waals surface area contributed by atoms with Crippen molar-refractivity contribution in [1.82, 2.24) is 9.97 Å². The van der Waals surface area contributed by atoms with Gasteiger partial charge < -0.3 is 14.4 Å². The molecule has 0 amide bonds. The van der Waals surface area contributed by atoms with Crippen LogP contribution in [0.15, 0.2) is 42.6 Å². The van der Waals surface area contributed by atoms with Crippen molar-refractivity contribution >= 4 is 34.3 Å². The van der Waals surface area contributed by atoms with Gasteiger partial charge in [-0.3, -0.25) is 0 Å². The zero-order valence-corrected chi connectivity index (χ0v) is 16.3. The maximum absolute atomic E-state index is 12.4. The van der Waals surface area contributed by atoms with Crippen LogP contribution in [0.4, 0.5) is 5.82 Å². The van der Waals surface area contributed by atoms with Gasteiger partial charge in [0.05, 0.1) is 24.3 Å². The lowest BCUT2D eigenvalue weighted by Crippen LogP contribution is -2.36. The van der Waals surface area contributed by atoms with Crippen molar-refractivity contribution in [2.24, 2.45) is 0 Å². The van der Waals surface area contributed by atoms with Gasteiger partial charge in [0.1, 0.15) is 17.6 Å². The Kier molecular flexibility index (Phi) is 5.41. The lowest BCUT2D eigenvalue weighted by molar-refractivity contribution is 0.0472. The lowest BCUT2D eigenvalue weighted by Gasteiger charge is -2.27. The predicted octanol–water partition coefficient (Wildman–Crippen LogP) is 3.79. The summed E-state index contributed by atoms with van der Waals surface area (Å²) in [6, 6.07) is 11.4. The minimum absolute atomic E-state index is 0.0553. The van der Waals surface area contributed by atoms with Crippen LogP contribution >= 0.6 is 11.6 Å². The van der Waals surface area contributed by atoms with E-state index in [0.717, 1.165) is 35.4 Å². The van der Waals surface area contributed by atoms with E-state index in [4.69, 9.17) is 21.1 Å². The Morgan fingerprint density at radius 2 is 2.04 bits per heavy atom. The number of nitrogens with zero attached hydrogens (tertiary/aromatic N) is 3. The highest BCUT2D eigenvalue weighted by Crippen LogP contribution is 2.22. The highest BCUT2D eigenvalue weighted by atomic mass is 35.5. The lowest BCUT2D eigenvalue weighted by atomic mass is 10.1. The molecule has 0 unspecified atom stereocenters. The number of hydrogen-bond acceptors (Lipinski definition) is 6. The normalized spacial score (nSPS) is 14.3. The van der Waals surface area contributed by atoms with E-state index in [1.807, 2.05) is 37.3 Å². The molecule has 3 heterocycles. The number of hydrogen-bond donors (Lipinski definition) is 0. The summed E-state index contributed by atoms with van der Waals surface area (Å²) in [4.78, 5) is 23.3. The van der Waals surface area contributed by atoms with E-state index in [9.17, 15) is 4.79 Å². The van der Waals surface area contributed by atoms with E-state index < -0.39 is 5.97 Å². The number of morpholine rings is 1. The Morgan fingerprint density at radius 3 is 2.79 bits per heavy atom. The summed E-state index contributed by atoms with van der Waals surface area (Å²) in [6.45, 7) is 5.02. The molecule has 0 radical (unpaired) electrons. The highest BCUT2D eigenvalue weighted by Gasteiger charge is 2.15. The quantitative estimate of drug-likeness (QED) is 0.493. The molecule has 1 aromatic carbocycles. The number of rotatable bonds is 4. The molecule has 1 aliphatic heterocycles. The first-order valence-electron chi connectivity index (χ1n) is 9.12. The van der Waals surface area contributed by atoms with Crippen LogP contribution in [0.25, 0.3) is 10.9 Å². The molecule has 4 rings (SSSR count). The predicted molar refractivity (Wildman–Crippen MR) is 108 cm³/mol. The average Bonchev–Trinajstić information content (AvgIpc) is 2.73. The monoisotopic (exact) mass is 397 g/mol. The third-order valence-corrected chi connectivity index (χ3v) is 5.00. The van der Waals surface area contributed by atoms with Crippen LogP contribution in [-0.2, 0) is 16.1 Å². The molecule has 1 aliphatic rings. The second-order valence-electron chi connectivity index (χ2n) is 6.72. The van der Waals surface area contributed by atoms with Crippen molar-refractivity contribution < 1.29 is 14.3 Å². The molecule has 0 bridgehead atoms. The number of ether oxygens (including phenoxy) is 2. The summed E-state index contributed by atoms with van der Waals surface area (Å²) in [6.07, 6.45) is 1.54. The smallest absolute Gasteiger partial charge is 0.340 e. The second-order valence-corrected chi connectivity index (χ2v) is 7.07. The standard InChI is InChI=1S/C21H20ClN3O3/c1-14-2-3-15-11-17(20(22)24-18(15)10-14)13-28-21(26)16-4-5-19(23-12-16)25-6-8-27-9-7-25/h2-5,10-12H,6-9,13H2,1H3. The summed E-state index contributed by atoms with van der Waals surface area (Å²) in [5.41, 5.74) is 3.01. The van der Waals surface area contributed by atoms with Gasteiger partial charge in [0.2, 0.25) is 0 Å². The molecule has 0 saturated carbocycles. The van der Waals surface area contributed by atoms with E-state index in [1.165, 1.54) is 6.20 Å². The van der Waals surface area contributed by atoms with Gasteiger partial charge >= 0.3 is 5.97 Å². The van der Waals surface area contributed by atoms with Gasteiger partial charge in [-0.25, -0.2) is 14.8 Å². The maximum Gasteiger partial charge on any atom is 0.340 e. The topological polar surface area (TPSA) is 64.5 Å². The number of carbonyl (C=O) groups excluding carboxylic acids is 1. The van der Waals surface area contributed by atoms with Gasteiger partial charge in [0.25, 0.3) is 0 Å². The molecule has 6 nitrogen and oxygen atoms in total. The van der Waals surface area contributed by atoms with Crippen molar-refractivity contribution in [2.75, 3.05) is 31.2 Å². The fourth-order valence-electron chi connectivity index (χ4n) is 3.11. The number of pyridine rings is 2. The fourth-order valence-corrected chi connectivity index (χ4v) is 3.31. The fraction of sp³-hybridized carbons (Fsp3) is 0.286. The highest BCUT2D eigenvalue weighted by molar-refractivity contribution is 6.30. The van der Waals surface area contributed by atoms with Crippen LogP contribution < -0.4 is 4.90 Å². The molecule has 2 aromatic heterocycles. The van der Waals surface area contributed by atoms with Gasteiger partial charge in [0.15, 0.2) is 0 Å². The van der Waals surface area contributed by atoms with Crippen molar-refractivity contribution in [3.05, 3.63) is 64.4 Å². The van der Waals surface area contributed by atoms with Gasteiger partial charge in [-0.15, -0.1) is 0 Å². The number of carbonyl (C=O) groups is 1. The summed E-state index contributed by atoms with van der Waals surface area (Å²) < 4.78 is 10.8. The second kappa shape index (κ2) is 8.12. The molecular weight excluding hydrogens is 378 g/mol. The number of halogens is 1. The summed E-state index contributed by atoms with van der Waals surface area (Å²) in [5, 5.41) is 1.30. The minimum Gasteiger partial charge on any atom is -0.457 e. The van der Waals surface area contributed by atoms with Crippen LogP contribution in [0.1, 0.15) is 21.5 Å². The van der Waals surface area contributed by atoms with E-state index in [1.54, 1.807) is 6.07 Å². The van der Waals surface area contributed by atoms with Crippen molar-refractivity contribution in [1.29, 1.82) is 0 Å². The van der Waals surface area contributed by atoms with Crippen molar-refractivity contribution in [3.63, 3.8) is 0 Å². The van der Waals surface area contributed by atoms with E-state index >= 15 is 0 Å². The number of aromatic nitrogens is 2. The zero-order valence-electron chi connectivity index (χ0n) is 15.5. The molecule has 7 heteroatoms. The molecule has 3 aromatic rings. The van der Waals surface area contributed by atoms with Crippen LogP contribution in [0.3, 0.4) is 0 Å². The molecule has 0 atom stereocenters.